The fourth-order valence-corrected chi connectivity index (χ4v) is 1.30. The van der Waals surface area contributed by atoms with Crippen LogP contribution < -0.4 is 5.32 Å². The predicted octanol–water partition coefficient (Wildman–Crippen LogP) is 3.10. The van der Waals surface area contributed by atoms with Crippen LogP contribution in [0.2, 0.25) is 0 Å². The maximum Gasteiger partial charge on any atom is 0.0882 e. The van der Waals surface area contributed by atoms with Crippen molar-refractivity contribution in [3.63, 3.8) is 0 Å². The maximum atomic E-state index is 8.69. The molecule has 0 aromatic carbocycles. The molecule has 3 nitrogen and oxygen atoms in total. The van der Waals surface area contributed by atoms with Gasteiger partial charge in [0.15, 0.2) is 0 Å². The summed E-state index contributed by atoms with van der Waals surface area (Å²) in [6, 6.07) is 7.85. The van der Waals surface area contributed by atoms with Gasteiger partial charge in [-0.05, 0) is 38.1 Å². The van der Waals surface area contributed by atoms with Crippen LogP contribution in [0.3, 0.4) is 0 Å². The first-order valence-electron chi connectivity index (χ1n) is 6.31. The summed E-state index contributed by atoms with van der Waals surface area (Å²) in [5, 5.41) is 11.9. The summed E-state index contributed by atoms with van der Waals surface area (Å²) in [5.74, 6) is -0.0452. The summed E-state index contributed by atoms with van der Waals surface area (Å²) in [5.41, 5.74) is 0.873. The van der Waals surface area contributed by atoms with Crippen molar-refractivity contribution in [2.75, 3.05) is 13.1 Å². The average molecular weight is 233 g/mol. The molecule has 1 unspecified atom stereocenters. The molecule has 1 rings (SSSR count). The van der Waals surface area contributed by atoms with Gasteiger partial charge in [-0.1, -0.05) is 26.8 Å². The van der Waals surface area contributed by atoms with Crippen LogP contribution in [-0.2, 0) is 0 Å². The summed E-state index contributed by atoms with van der Waals surface area (Å²) in [6.07, 6.45) is 3.79. The van der Waals surface area contributed by atoms with Crippen molar-refractivity contribution in [2.24, 2.45) is 0 Å². The van der Waals surface area contributed by atoms with E-state index in [-0.39, 0.29) is 5.92 Å². The SMILES string of the molecule is CCC(C#N)c1ccccn1.CCCNCC. The maximum absolute atomic E-state index is 8.69. The molecule has 0 saturated carbocycles. The van der Waals surface area contributed by atoms with Gasteiger partial charge in [0.2, 0.25) is 0 Å². The van der Waals surface area contributed by atoms with Gasteiger partial charge in [0.1, 0.15) is 0 Å². The van der Waals surface area contributed by atoms with Gasteiger partial charge in [-0.25, -0.2) is 0 Å². The first kappa shape index (κ1) is 15.6. The van der Waals surface area contributed by atoms with Crippen molar-refractivity contribution < 1.29 is 0 Å². The van der Waals surface area contributed by atoms with Gasteiger partial charge in [0.05, 0.1) is 17.7 Å². The lowest BCUT2D eigenvalue weighted by atomic mass is 10.0. The molecule has 1 heterocycles. The second-order valence-corrected chi connectivity index (χ2v) is 3.70. The predicted molar refractivity (Wildman–Crippen MR) is 71.7 cm³/mol. The lowest BCUT2D eigenvalue weighted by Gasteiger charge is -2.02. The second-order valence-electron chi connectivity index (χ2n) is 3.70. The first-order chi connectivity index (χ1) is 8.29. The van der Waals surface area contributed by atoms with Gasteiger partial charge in [-0.2, -0.15) is 5.26 Å². The largest absolute Gasteiger partial charge is 0.317 e. The van der Waals surface area contributed by atoms with Gasteiger partial charge in [0, 0.05) is 6.20 Å². The number of aromatic nitrogens is 1. The number of pyridine rings is 1. The van der Waals surface area contributed by atoms with Crippen LogP contribution in [0.15, 0.2) is 24.4 Å². The third-order valence-corrected chi connectivity index (χ3v) is 2.29. The molecular formula is C14H23N3. The van der Waals surface area contributed by atoms with E-state index in [1.807, 2.05) is 25.1 Å². The molecule has 0 radical (unpaired) electrons. The minimum Gasteiger partial charge on any atom is -0.317 e. The van der Waals surface area contributed by atoms with Crippen LogP contribution in [0, 0.1) is 11.3 Å². The van der Waals surface area contributed by atoms with Crippen molar-refractivity contribution in [2.45, 2.75) is 39.5 Å². The van der Waals surface area contributed by atoms with E-state index in [4.69, 9.17) is 5.26 Å². The van der Waals surface area contributed by atoms with Crippen LogP contribution in [0.1, 0.15) is 45.2 Å². The van der Waals surface area contributed by atoms with Gasteiger partial charge in [0.25, 0.3) is 0 Å². The Morgan fingerprint density at radius 1 is 1.35 bits per heavy atom. The highest BCUT2D eigenvalue weighted by Gasteiger charge is 2.06. The van der Waals surface area contributed by atoms with E-state index < -0.39 is 0 Å². The highest BCUT2D eigenvalue weighted by molar-refractivity contribution is 5.15. The summed E-state index contributed by atoms with van der Waals surface area (Å²) in [4.78, 5) is 4.10. The third kappa shape index (κ3) is 7.48. The Bertz CT molecular complexity index is 299. The van der Waals surface area contributed by atoms with E-state index in [0.717, 1.165) is 25.2 Å². The van der Waals surface area contributed by atoms with Crippen molar-refractivity contribution in [1.29, 1.82) is 5.26 Å². The monoisotopic (exact) mass is 233 g/mol. The van der Waals surface area contributed by atoms with Crippen molar-refractivity contribution in [1.82, 2.24) is 10.3 Å². The second kappa shape index (κ2) is 11.1. The molecule has 0 bridgehead atoms. The Balaban J connectivity index is 0.000000366. The third-order valence-electron chi connectivity index (χ3n) is 2.29. The van der Waals surface area contributed by atoms with E-state index in [1.54, 1.807) is 6.20 Å². The fourth-order valence-electron chi connectivity index (χ4n) is 1.30. The molecule has 0 aliphatic rings. The Hall–Kier alpha value is -1.40. The molecule has 1 aromatic rings. The summed E-state index contributed by atoms with van der Waals surface area (Å²) in [7, 11) is 0. The zero-order valence-electron chi connectivity index (χ0n) is 11.1. The van der Waals surface area contributed by atoms with E-state index in [9.17, 15) is 0 Å². The molecule has 0 saturated heterocycles. The summed E-state index contributed by atoms with van der Waals surface area (Å²) in [6.45, 7) is 8.55. The quantitative estimate of drug-likeness (QED) is 0.795. The van der Waals surface area contributed by atoms with E-state index in [1.165, 1.54) is 6.42 Å². The summed E-state index contributed by atoms with van der Waals surface area (Å²) < 4.78 is 0. The highest BCUT2D eigenvalue weighted by Crippen LogP contribution is 2.14. The molecule has 1 N–H and O–H groups in total. The van der Waals surface area contributed by atoms with Crippen LogP contribution in [-0.4, -0.2) is 18.1 Å². The Kier molecular flexibility index (Phi) is 10.2. The molecule has 1 atom stereocenters. The topological polar surface area (TPSA) is 48.7 Å². The Labute approximate surface area is 105 Å². The molecule has 94 valence electrons. The van der Waals surface area contributed by atoms with Crippen LogP contribution in [0.5, 0.6) is 0 Å². The molecule has 17 heavy (non-hydrogen) atoms. The number of nitrogens with zero attached hydrogens (tertiary/aromatic N) is 2. The number of nitrogens with one attached hydrogen (secondary N) is 1. The summed E-state index contributed by atoms with van der Waals surface area (Å²) >= 11 is 0. The molecule has 1 aromatic heterocycles. The fraction of sp³-hybridized carbons (Fsp3) is 0.571. The smallest absolute Gasteiger partial charge is 0.0882 e. The van der Waals surface area contributed by atoms with E-state index in [2.05, 4.69) is 30.2 Å². The lowest BCUT2D eigenvalue weighted by molar-refractivity contribution is 0.703. The molecule has 0 fully saturated rings. The number of nitriles is 1. The van der Waals surface area contributed by atoms with Gasteiger partial charge in [-0.3, -0.25) is 4.98 Å². The first-order valence-corrected chi connectivity index (χ1v) is 6.31. The van der Waals surface area contributed by atoms with Crippen LogP contribution in [0.4, 0.5) is 0 Å². The zero-order valence-corrected chi connectivity index (χ0v) is 11.1. The molecule has 0 spiro atoms. The van der Waals surface area contributed by atoms with Gasteiger partial charge < -0.3 is 5.32 Å². The van der Waals surface area contributed by atoms with E-state index >= 15 is 0 Å². The van der Waals surface area contributed by atoms with Crippen molar-refractivity contribution in [3.8, 4) is 6.07 Å². The molecule has 0 aliphatic heterocycles. The standard InChI is InChI=1S/C9H10N2.C5H13N/c1-2-8(7-10)9-5-3-4-6-11-9;1-3-5-6-4-2/h3-6,8H,2H2,1H3;6H,3-5H2,1-2H3. The Morgan fingerprint density at radius 3 is 2.47 bits per heavy atom. The van der Waals surface area contributed by atoms with Crippen LogP contribution >= 0.6 is 0 Å². The Morgan fingerprint density at radius 2 is 2.12 bits per heavy atom. The molecule has 3 heteroatoms. The number of hydrogen-bond donors (Lipinski definition) is 1. The number of rotatable bonds is 5. The van der Waals surface area contributed by atoms with Gasteiger partial charge >= 0.3 is 0 Å². The minimum atomic E-state index is -0.0452. The van der Waals surface area contributed by atoms with Gasteiger partial charge in [-0.15, -0.1) is 0 Å². The highest BCUT2D eigenvalue weighted by atomic mass is 14.8. The zero-order chi connectivity index (χ0) is 12.9. The number of hydrogen-bond acceptors (Lipinski definition) is 3. The van der Waals surface area contributed by atoms with Crippen LogP contribution in [0.25, 0.3) is 0 Å². The minimum absolute atomic E-state index is 0.0452. The lowest BCUT2D eigenvalue weighted by Crippen LogP contribution is -2.12. The normalized spacial score (nSPS) is 10.9. The molecular weight excluding hydrogens is 210 g/mol. The van der Waals surface area contributed by atoms with Crippen molar-refractivity contribution in [3.05, 3.63) is 30.1 Å². The molecule has 0 amide bonds. The molecule has 0 aliphatic carbocycles. The van der Waals surface area contributed by atoms with E-state index in [0.29, 0.717) is 0 Å². The average Bonchev–Trinajstić information content (AvgIpc) is 2.40. The van der Waals surface area contributed by atoms with Crippen molar-refractivity contribution >= 4 is 0 Å².